The Kier molecular flexibility index (Phi) is 5.33. The standard InChI is InChI=1S/C26H27N3O2/c1-18-15-29(17-27-18)24-12-8-19(14-25(24)31-16-20-6-7-20)9-13-26(30)28-23-11-10-21-4-2-3-5-22(21)23/h2-5,8-9,12-15,17,20,23H,6-7,10-11,16H2,1H3,(H,28,30). The van der Waals surface area contributed by atoms with Gasteiger partial charge in [-0.05, 0) is 73.4 Å². The number of carbonyl (C=O) groups is 1. The summed E-state index contributed by atoms with van der Waals surface area (Å²) in [6, 6.07) is 14.5. The maximum atomic E-state index is 12.5. The van der Waals surface area contributed by atoms with Gasteiger partial charge in [0.2, 0.25) is 5.91 Å². The van der Waals surface area contributed by atoms with Gasteiger partial charge in [0.25, 0.3) is 0 Å². The van der Waals surface area contributed by atoms with Gasteiger partial charge < -0.3 is 14.6 Å². The summed E-state index contributed by atoms with van der Waals surface area (Å²) >= 11 is 0. The number of nitrogens with one attached hydrogen (secondary N) is 1. The van der Waals surface area contributed by atoms with Crippen molar-refractivity contribution in [3.8, 4) is 11.4 Å². The number of fused-ring (bicyclic) bond motifs is 1. The smallest absolute Gasteiger partial charge is 0.244 e. The molecule has 2 aliphatic rings. The highest BCUT2D eigenvalue weighted by atomic mass is 16.5. The molecule has 1 N–H and O–H groups in total. The molecule has 3 aromatic rings. The molecule has 0 bridgehead atoms. The van der Waals surface area contributed by atoms with E-state index in [9.17, 15) is 4.79 Å². The van der Waals surface area contributed by atoms with Crippen molar-refractivity contribution in [1.29, 1.82) is 0 Å². The molecule has 1 aromatic heterocycles. The zero-order valence-corrected chi connectivity index (χ0v) is 17.8. The van der Waals surface area contributed by atoms with Gasteiger partial charge in [0.05, 0.1) is 30.4 Å². The second kappa shape index (κ2) is 8.42. The fourth-order valence-corrected chi connectivity index (χ4v) is 4.11. The molecule has 0 radical (unpaired) electrons. The number of carbonyl (C=O) groups excluding carboxylic acids is 1. The van der Waals surface area contributed by atoms with E-state index in [1.54, 1.807) is 12.4 Å². The maximum Gasteiger partial charge on any atom is 0.244 e. The molecule has 5 rings (SSSR count). The van der Waals surface area contributed by atoms with Gasteiger partial charge in [-0.1, -0.05) is 30.3 Å². The summed E-state index contributed by atoms with van der Waals surface area (Å²) in [5.41, 5.74) is 5.43. The van der Waals surface area contributed by atoms with Gasteiger partial charge in [0.1, 0.15) is 5.75 Å². The van der Waals surface area contributed by atoms with E-state index in [-0.39, 0.29) is 11.9 Å². The Hall–Kier alpha value is -3.34. The Morgan fingerprint density at radius 2 is 2.10 bits per heavy atom. The lowest BCUT2D eigenvalue weighted by atomic mass is 10.1. The van der Waals surface area contributed by atoms with Crippen molar-refractivity contribution in [1.82, 2.24) is 14.9 Å². The SMILES string of the molecule is Cc1cn(-c2ccc(C=CC(=O)NC3CCc4ccccc43)cc2OCC2CC2)cn1. The zero-order chi connectivity index (χ0) is 21.2. The maximum absolute atomic E-state index is 12.5. The molecule has 1 heterocycles. The first-order chi connectivity index (χ1) is 15.2. The number of aryl methyl sites for hydroxylation is 2. The zero-order valence-electron chi connectivity index (χ0n) is 17.8. The summed E-state index contributed by atoms with van der Waals surface area (Å²) < 4.78 is 8.12. The Balaban J connectivity index is 1.30. The first-order valence-corrected chi connectivity index (χ1v) is 11.0. The van der Waals surface area contributed by atoms with Crippen LogP contribution in [-0.4, -0.2) is 22.1 Å². The third kappa shape index (κ3) is 4.55. The van der Waals surface area contributed by atoms with Crippen LogP contribution in [0.2, 0.25) is 0 Å². The molecule has 0 spiro atoms. The van der Waals surface area contributed by atoms with Crippen molar-refractivity contribution in [3.05, 3.63) is 83.4 Å². The molecule has 1 atom stereocenters. The first kappa shape index (κ1) is 19.6. The van der Waals surface area contributed by atoms with Gasteiger partial charge in [-0.25, -0.2) is 4.98 Å². The minimum Gasteiger partial charge on any atom is -0.491 e. The van der Waals surface area contributed by atoms with Gasteiger partial charge in [0.15, 0.2) is 0 Å². The third-order valence-corrected chi connectivity index (χ3v) is 6.02. The second-order valence-corrected chi connectivity index (χ2v) is 8.54. The number of imidazole rings is 1. The molecule has 1 fully saturated rings. The lowest BCUT2D eigenvalue weighted by Crippen LogP contribution is -2.25. The average Bonchev–Trinajstić information content (AvgIpc) is 3.39. The number of nitrogens with zero attached hydrogens (tertiary/aromatic N) is 2. The Bertz CT molecular complexity index is 1130. The van der Waals surface area contributed by atoms with Gasteiger partial charge in [-0.15, -0.1) is 0 Å². The molecule has 2 aliphatic carbocycles. The molecule has 0 aliphatic heterocycles. The van der Waals surface area contributed by atoms with Crippen molar-refractivity contribution >= 4 is 12.0 Å². The van der Waals surface area contributed by atoms with Crippen molar-refractivity contribution in [2.45, 2.75) is 38.6 Å². The number of benzene rings is 2. The van der Waals surface area contributed by atoms with Crippen LogP contribution < -0.4 is 10.1 Å². The highest BCUT2D eigenvalue weighted by molar-refractivity contribution is 5.92. The fourth-order valence-electron chi connectivity index (χ4n) is 4.11. The predicted molar refractivity (Wildman–Crippen MR) is 121 cm³/mol. The van der Waals surface area contributed by atoms with Crippen LogP contribution in [0.4, 0.5) is 0 Å². The van der Waals surface area contributed by atoms with Gasteiger partial charge in [-0.2, -0.15) is 0 Å². The summed E-state index contributed by atoms with van der Waals surface area (Å²) in [7, 11) is 0. The van der Waals surface area contributed by atoms with Crippen LogP contribution in [0.5, 0.6) is 5.75 Å². The normalized spacial score (nSPS) is 17.6. The minimum absolute atomic E-state index is 0.0727. The number of hydrogen-bond acceptors (Lipinski definition) is 3. The summed E-state index contributed by atoms with van der Waals surface area (Å²) in [6.07, 6.45) is 11.7. The van der Waals surface area contributed by atoms with Crippen LogP contribution in [0.3, 0.4) is 0 Å². The lowest BCUT2D eigenvalue weighted by Gasteiger charge is -2.13. The van der Waals surface area contributed by atoms with Gasteiger partial charge >= 0.3 is 0 Å². The summed E-state index contributed by atoms with van der Waals surface area (Å²) in [6.45, 7) is 2.70. The predicted octanol–water partition coefficient (Wildman–Crippen LogP) is 4.79. The molecule has 0 saturated heterocycles. The third-order valence-electron chi connectivity index (χ3n) is 6.02. The molecule has 5 heteroatoms. The number of ether oxygens (including phenoxy) is 1. The topological polar surface area (TPSA) is 56.2 Å². The van der Waals surface area contributed by atoms with E-state index in [0.717, 1.165) is 42.1 Å². The van der Waals surface area contributed by atoms with E-state index in [1.807, 2.05) is 48.0 Å². The quantitative estimate of drug-likeness (QED) is 0.567. The lowest BCUT2D eigenvalue weighted by molar-refractivity contribution is -0.117. The molecule has 1 saturated carbocycles. The number of aromatic nitrogens is 2. The Morgan fingerprint density at radius 1 is 1.23 bits per heavy atom. The van der Waals surface area contributed by atoms with E-state index < -0.39 is 0 Å². The average molecular weight is 414 g/mol. The van der Waals surface area contributed by atoms with E-state index in [1.165, 1.54) is 24.0 Å². The highest BCUT2D eigenvalue weighted by Gasteiger charge is 2.23. The van der Waals surface area contributed by atoms with E-state index in [0.29, 0.717) is 5.92 Å². The molecule has 1 unspecified atom stereocenters. The van der Waals surface area contributed by atoms with Crippen molar-refractivity contribution in [2.75, 3.05) is 6.61 Å². The summed E-state index contributed by atoms with van der Waals surface area (Å²) in [5.74, 6) is 1.41. The molecular weight excluding hydrogens is 386 g/mol. The van der Waals surface area contributed by atoms with Crippen molar-refractivity contribution in [3.63, 3.8) is 0 Å². The number of hydrogen-bond donors (Lipinski definition) is 1. The number of amides is 1. The highest BCUT2D eigenvalue weighted by Crippen LogP contribution is 2.32. The van der Waals surface area contributed by atoms with Crippen LogP contribution in [0.25, 0.3) is 11.8 Å². The Labute approximate surface area is 182 Å². The van der Waals surface area contributed by atoms with Crippen LogP contribution in [0.1, 0.15) is 47.7 Å². The van der Waals surface area contributed by atoms with E-state index in [2.05, 4.69) is 28.5 Å². The Morgan fingerprint density at radius 3 is 2.90 bits per heavy atom. The molecule has 158 valence electrons. The fraction of sp³-hybridized carbons (Fsp3) is 0.308. The van der Waals surface area contributed by atoms with Crippen molar-refractivity contribution < 1.29 is 9.53 Å². The van der Waals surface area contributed by atoms with Crippen LogP contribution in [0, 0.1) is 12.8 Å². The molecular formula is C26H27N3O2. The van der Waals surface area contributed by atoms with E-state index >= 15 is 0 Å². The molecule has 2 aromatic carbocycles. The van der Waals surface area contributed by atoms with Crippen LogP contribution >= 0.6 is 0 Å². The van der Waals surface area contributed by atoms with E-state index in [4.69, 9.17) is 4.74 Å². The van der Waals surface area contributed by atoms with Gasteiger partial charge in [0, 0.05) is 12.3 Å². The van der Waals surface area contributed by atoms with Gasteiger partial charge in [-0.3, -0.25) is 4.79 Å². The summed E-state index contributed by atoms with van der Waals surface area (Å²) in [5, 5.41) is 3.14. The molecule has 1 amide bonds. The monoisotopic (exact) mass is 413 g/mol. The van der Waals surface area contributed by atoms with Crippen molar-refractivity contribution in [2.24, 2.45) is 5.92 Å². The summed E-state index contributed by atoms with van der Waals surface area (Å²) in [4.78, 5) is 16.9. The first-order valence-electron chi connectivity index (χ1n) is 11.0. The van der Waals surface area contributed by atoms with Crippen LogP contribution in [0.15, 0.2) is 61.1 Å². The molecule has 31 heavy (non-hydrogen) atoms. The largest absolute Gasteiger partial charge is 0.491 e. The number of rotatable bonds is 7. The second-order valence-electron chi connectivity index (χ2n) is 8.54. The molecule has 5 nitrogen and oxygen atoms in total. The minimum atomic E-state index is -0.0727. The van der Waals surface area contributed by atoms with Crippen LogP contribution in [-0.2, 0) is 11.2 Å².